The van der Waals surface area contributed by atoms with Crippen LogP contribution in [0.25, 0.3) is 0 Å². The number of nitriles is 1. The maximum absolute atomic E-state index is 12.8. The van der Waals surface area contributed by atoms with Crippen LogP contribution in [0.1, 0.15) is 12.5 Å². The van der Waals surface area contributed by atoms with Crippen molar-refractivity contribution in [1.82, 2.24) is 0 Å². The van der Waals surface area contributed by atoms with Crippen LogP contribution >= 0.6 is 11.6 Å². The Balaban J connectivity index is 3.33. The van der Waals surface area contributed by atoms with Crippen LogP contribution in [-0.4, -0.2) is 11.1 Å². The second-order valence-electron chi connectivity index (χ2n) is 3.17. The van der Waals surface area contributed by atoms with E-state index in [1.165, 1.54) is 13.0 Å². The molecule has 0 aliphatic carbocycles. The molecule has 0 spiro atoms. The molecular weight excluding hydrogens is 221 g/mol. The summed E-state index contributed by atoms with van der Waals surface area (Å²) in [5.41, 5.74) is -1.55. The minimum atomic E-state index is -1.71. The Morgan fingerprint density at radius 1 is 1.67 bits per heavy atom. The van der Waals surface area contributed by atoms with Gasteiger partial charge in [-0.2, -0.15) is 5.26 Å². The molecule has 0 bridgehead atoms. The number of aliphatic carboxylic acids is 1. The molecule has 0 aliphatic heterocycles. The molecule has 0 saturated heterocycles. The second kappa shape index (κ2) is 3.87. The van der Waals surface area contributed by atoms with Crippen LogP contribution in [0.15, 0.2) is 18.2 Å². The number of carbonyl (C=O) groups is 1. The molecule has 1 aromatic rings. The molecule has 0 amide bonds. The van der Waals surface area contributed by atoms with Crippen molar-refractivity contribution in [3.63, 3.8) is 0 Å². The largest absolute Gasteiger partial charge is 0.480 e. The topological polar surface area (TPSA) is 61.1 Å². The quantitative estimate of drug-likeness (QED) is 0.844. The first-order valence-electron chi connectivity index (χ1n) is 4.02. The van der Waals surface area contributed by atoms with Crippen LogP contribution in [0.2, 0.25) is 5.02 Å². The van der Waals surface area contributed by atoms with Crippen LogP contribution in [0.4, 0.5) is 4.39 Å². The maximum Gasteiger partial charge on any atom is 0.328 e. The molecule has 15 heavy (non-hydrogen) atoms. The summed E-state index contributed by atoms with van der Waals surface area (Å²) >= 11 is 5.50. The van der Waals surface area contributed by atoms with Gasteiger partial charge in [0.25, 0.3) is 0 Å². The molecule has 1 N–H and O–H groups in total. The summed E-state index contributed by atoms with van der Waals surface area (Å²) in [5.74, 6) is -1.95. The Morgan fingerprint density at radius 2 is 2.27 bits per heavy atom. The van der Waals surface area contributed by atoms with Crippen molar-refractivity contribution in [2.45, 2.75) is 12.3 Å². The number of halogens is 2. The van der Waals surface area contributed by atoms with E-state index >= 15 is 0 Å². The fourth-order valence-electron chi connectivity index (χ4n) is 1.04. The van der Waals surface area contributed by atoms with E-state index in [4.69, 9.17) is 22.0 Å². The number of benzene rings is 1. The Kier molecular flexibility index (Phi) is 2.96. The molecule has 0 aliphatic rings. The third-order valence-corrected chi connectivity index (χ3v) is 2.44. The van der Waals surface area contributed by atoms with E-state index < -0.39 is 17.2 Å². The zero-order valence-corrected chi connectivity index (χ0v) is 8.55. The van der Waals surface area contributed by atoms with Gasteiger partial charge in [0.1, 0.15) is 5.82 Å². The highest BCUT2D eigenvalue weighted by Gasteiger charge is 2.35. The average Bonchev–Trinajstić information content (AvgIpc) is 2.20. The van der Waals surface area contributed by atoms with Crippen LogP contribution in [0, 0.1) is 17.1 Å². The van der Waals surface area contributed by atoms with E-state index in [0.717, 1.165) is 12.1 Å². The van der Waals surface area contributed by atoms with Crippen LogP contribution in [0.5, 0.6) is 0 Å². The third-order valence-electron chi connectivity index (χ3n) is 2.15. The number of hydrogen-bond donors (Lipinski definition) is 1. The van der Waals surface area contributed by atoms with Crippen LogP contribution in [-0.2, 0) is 10.2 Å². The summed E-state index contributed by atoms with van der Waals surface area (Å²) in [5, 5.41) is 17.5. The first-order valence-corrected chi connectivity index (χ1v) is 4.40. The van der Waals surface area contributed by atoms with Gasteiger partial charge in [0.05, 0.1) is 11.1 Å². The number of hydrogen-bond acceptors (Lipinski definition) is 2. The smallest absolute Gasteiger partial charge is 0.328 e. The molecule has 5 heteroatoms. The van der Waals surface area contributed by atoms with Gasteiger partial charge in [-0.05, 0) is 24.6 Å². The molecule has 1 atom stereocenters. The first kappa shape index (κ1) is 11.5. The van der Waals surface area contributed by atoms with Crippen LogP contribution in [0.3, 0.4) is 0 Å². The summed E-state index contributed by atoms with van der Waals surface area (Å²) < 4.78 is 12.8. The molecule has 0 aromatic heterocycles. The molecule has 0 heterocycles. The van der Waals surface area contributed by atoms with Gasteiger partial charge >= 0.3 is 5.97 Å². The lowest BCUT2D eigenvalue weighted by molar-refractivity contribution is -0.141. The normalized spacial score (nSPS) is 14.0. The summed E-state index contributed by atoms with van der Waals surface area (Å²) in [6, 6.07) is 5.08. The van der Waals surface area contributed by atoms with Gasteiger partial charge in [0.2, 0.25) is 0 Å². The predicted molar refractivity (Wildman–Crippen MR) is 52.0 cm³/mol. The monoisotopic (exact) mass is 227 g/mol. The molecule has 0 radical (unpaired) electrons. The minimum Gasteiger partial charge on any atom is -0.480 e. The van der Waals surface area contributed by atoms with Crippen molar-refractivity contribution in [2.24, 2.45) is 0 Å². The zero-order valence-electron chi connectivity index (χ0n) is 7.79. The molecule has 78 valence electrons. The van der Waals surface area contributed by atoms with Crippen molar-refractivity contribution in [3.8, 4) is 6.07 Å². The summed E-state index contributed by atoms with van der Waals surface area (Å²) in [6.45, 7) is 1.24. The van der Waals surface area contributed by atoms with Gasteiger partial charge in [0.15, 0.2) is 5.41 Å². The van der Waals surface area contributed by atoms with E-state index in [0.29, 0.717) is 0 Å². The highest BCUT2D eigenvalue weighted by Crippen LogP contribution is 2.27. The molecule has 1 aromatic carbocycles. The standard InChI is InChI=1S/C10H7ClFNO2/c1-10(5-13,9(14)15)6-2-3-8(12)7(11)4-6/h2-4H,1H3,(H,14,15). The summed E-state index contributed by atoms with van der Waals surface area (Å²) in [6.07, 6.45) is 0. The number of rotatable bonds is 2. The minimum absolute atomic E-state index is 0.156. The average molecular weight is 228 g/mol. The Bertz CT molecular complexity index is 455. The molecular formula is C10H7ClFNO2. The fraction of sp³-hybridized carbons (Fsp3) is 0.200. The van der Waals surface area contributed by atoms with Crippen molar-refractivity contribution < 1.29 is 14.3 Å². The second-order valence-corrected chi connectivity index (χ2v) is 3.58. The van der Waals surface area contributed by atoms with Crippen molar-refractivity contribution in [3.05, 3.63) is 34.6 Å². The van der Waals surface area contributed by atoms with Crippen molar-refractivity contribution >= 4 is 17.6 Å². The van der Waals surface area contributed by atoms with E-state index in [1.807, 2.05) is 0 Å². The molecule has 1 rings (SSSR count). The van der Waals surface area contributed by atoms with Gasteiger partial charge in [-0.3, -0.25) is 4.79 Å². The van der Waals surface area contributed by atoms with Gasteiger partial charge in [-0.25, -0.2) is 4.39 Å². The van der Waals surface area contributed by atoms with Gasteiger partial charge in [0, 0.05) is 0 Å². The summed E-state index contributed by atoms with van der Waals surface area (Å²) in [4.78, 5) is 10.9. The summed E-state index contributed by atoms with van der Waals surface area (Å²) in [7, 11) is 0. The van der Waals surface area contributed by atoms with Gasteiger partial charge in [-0.1, -0.05) is 17.7 Å². The Labute approximate surface area is 90.7 Å². The van der Waals surface area contributed by atoms with Crippen molar-refractivity contribution in [1.29, 1.82) is 5.26 Å². The third kappa shape index (κ3) is 1.92. The predicted octanol–water partition coefficient (Wildman–Crippen LogP) is 2.34. The lowest BCUT2D eigenvalue weighted by atomic mass is 9.84. The lowest BCUT2D eigenvalue weighted by Crippen LogP contribution is -2.30. The van der Waals surface area contributed by atoms with Crippen LogP contribution < -0.4 is 0 Å². The highest BCUT2D eigenvalue weighted by atomic mass is 35.5. The van der Waals surface area contributed by atoms with E-state index in [1.54, 1.807) is 6.07 Å². The number of nitrogens with zero attached hydrogens (tertiary/aromatic N) is 1. The van der Waals surface area contributed by atoms with E-state index in [9.17, 15) is 9.18 Å². The maximum atomic E-state index is 12.8. The zero-order chi connectivity index (χ0) is 11.6. The van der Waals surface area contributed by atoms with E-state index in [-0.39, 0.29) is 10.6 Å². The number of carboxylic acid groups (broad SMARTS) is 1. The molecule has 3 nitrogen and oxygen atoms in total. The van der Waals surface area contributed by atoms with E-state index in [2.05, 4.69) is 0 Å². The van der Waals surface area contributed by atoms with Gasteiger partial charge in [-0.15, -0.1) is 0 Å². The van der Waals surface area contributed by atoms with Gasteiger partial charge < -0.3 is 5.11 Å². The number of carboxylic acids is 1. The highest BCUT2D eigenvalue weighted by molar-refractivity contribution is 6.30. The first-order chi connectivity index (χ1) is 6.91. The SMILES string of the molecule is CC(C#N)(C(=O)O)c1ccc(F)c(Cl)c1. The molecule has 1 unspecified atom stereocenters. The molecule has 0 fully saturated rings. The molecule has 0 saturated carbocycles. The van der Waals surface area contributed by atoms with Crippen molar-refractivity contribution in [2.75, 3.05) is 0 Å². The fourth-order valence-corrected chi connectivity index (χ4v) is 1.22. The Morgan fingerprint density at radius 3 is 2.67 bits per heavy atom. The lowest BCUT2D eigenvalue weighted by Gasteiger charge is -2.16. The Hall–Kier alpha value is -1.60.